The molecule has 0 aliphatic carbocycles. The van der Waals surface area contributed by atoms with Crippen LogP contribution in [0.4, 0.5) is 0 Å². The van der Waals surface area contributed by atoms with E-state index < -0.39 is 0 Å². The topological polar surface area (TPSA) is 80.9 Å². The van der Waals surface area contributed by atoms with Gasteiger partial charge >= 0.3 is 0 Å². The standard InChI is InChI=1S/C10H16N4O/c1-8(11)3-2-5-12-10(15)9-4-6-13-14-7-9/h4,6-8H,2-3,5,11H2,1H3,(H,12,15). The maximum absolute atomic E-state index is 11.5. The molecule has 1 aromatic heterocycles. The first-order valence-electron chi connectivity index (χ1n) is 5.00. The van der Waals surface area contributed by atoms with Crippen LogP contribution in [0.3, 0.4) is 0 Å². The summed E-state index contributed by atoms with van der Waals surface area (Å²) in [5.41, 5.74) is 6.12. The van der Waals surface area contributed by atoms with Gasteiger partial charge in [0, 0.05) is 12.6 Å². The molecular formula is C10H16N4O. The molecule has 1 aromatic rings. The predicted molar refractivity (Wildman–Crippen MR) is 57.2 cm³/mol. The summed E-state index contributed by atoms with van der Waals surface area (Å²) in [5, 5.41) is 10.0. The molecule has 5 nitrogen and oxygen atoms in total. The average molecular weight is 208 g/mol. The summed E-state index contributed by atoms with van der Waals surface area (Å²) < 4.78 is 0. The number of amides is 1. The highest BCUT2D eigenvalue weighted by Gasteiger charge is 2.03. The Morgan fingerprint density at radius 1 is 1.60 bits per heavy atom. The number of hydrogen-bond donors (Lipinski definition) is 2. The molecule has 1 heterocycles. The van der Waals surface area contributed by atoms with E-state index in [-0.39, 0.29) is 11.9 Å². The van der Waals surface area contributed by atoms with E-state index in [1.54, 1.807) is 6.07 Å². The summed E-state index contributed by atoms with van der Waals surface area (Å²) in [5.74, 6) is -0.116. The molecule has 0 fully saturated rings. The molecule has 0 spiro atoms. The number of carbonyl (C=O) groups is 1. The minimum Gasteiger partial charge on any atom is -0.352 e. The molecule has 0 aliphatic heterocycles. The summed E-state index contributed by atoms with van der Waals surface area (Å²) in [6.45, 7) is 2.59. The maximum Gasteiger partial charge on any atom is 0.252 e. The zero-order valence-corrected chi connectivity index (χ0v) is 8.81. The van der Waals surface area contributed by atoms with Crippen LogP contribution in [0.25, 0.3) is 0 Å². The van der Waals surface area contributed by atoms with E-state index in [0.29, 0.717) is 12.1 Å². The number of nitrogens with one attached hydrogen (secondary N) is 1. The van der Waals surface area contributed by atoms with Crippen molar-refractivity contribution in [3.8, 4) is 0 Å². The van der Waals surface area contributed by atoms with Crippen LogP contribution in [0.1, 0.15) is 30.1 Å². The number of aromatic nitrogens is 2. The molecular weight excluding hydrogens is 192 g/mol. The lowest BCUT2D eigenvalue weighted by Gasteiger charge is -2.06. The summed E-state index contributed by atoms with van der Waals surface area (Å²) >= 11 is 0. The van der Waals surface area contributed by atoms with Crippen molar-refractivity contribution in [1.82, 2.24) is 15.5 Å². The van der Waals surface area contributed by atoms with E-state index in [1.165, 1.54) is 12.4 Å². The molecule has 3 N–H and O–H groups in total. The Morgan fingerprint density at radius 3 is 3.00 bits per heavy atom. The number of rotatable bonds is 5. The van der Waals surface area contributed by atoms with Gasteiger partial charge in [-0.2, -0.15) is 10.2 Å². The first-order chi connectivity index (χ1) is 7.20. The summed E-state index contributed by atoms with van der Waals surface area (Å²) in [6, 6.07) is 1.82. The van der Waals surface area contributed by atoms with E-state index in [0.717, 1.165) is 12.8 Å². The van der Waals surface area contributed by atoms with Crippen LogP contribution in [0, 0.1) is 0 Å². The Bertz CT molecular complexity index is 300. The second kappa shape index (κ2) is 6.08. The minimum atomic E-state index is -0.116. The van der Waals surface area contributed by atoms with E-state index in [1.807, 2.05) is 6.92 Å². The highest BCUT2D eigenvalue weighted by atomic mass is 16.1. The zero-order valence-electron chi connectivity index (χ0n) is 8.81. The van der Waals surface area contributed by atoms with Crippen LogP contribution in [0.2, 0.25) is 0 Å². The van der Waals surface area contributed by atoms with Crippen LogP contribution in [-0.4, -0.2) is 28.7 Å². The highest BCUT2D eigenvalue weighted by Crippen LogP contribution is 1.95. The van der Waals surface area contributed by atoms with Crippen molar-refractivity contribution >= 4 is 5.91 Å². The Morgan fingerprint density at radius 2 is 2.40 bits per heavy atom. The van der Waals surface area contributed by atoms with Gasteiger partial charge in [-0.3, -0.25) is 4.79 Å². The molecule has 5 heteroatoms. The fourth-order valence-electron chi connectivity index (χ4n) is 1.15. The number of carbonyl (C=O) groups excluding carboxylic acids is 1. The lowest BCUT2D eigenvalue weighted by atomic mass is 10.2. The molecule has 0 aliphatic rings. The second-order valence-corrected chi connectivity index (χ2v) is 3.51. The Balaban J connectivity index is 2.25. The molecule has 1 amide bonds. The lowest BCUT2D eigenvalue weighted by molar-refractivity contribution is 0.0952. The average Bonchev–Trinajstić information content (AvgIpc) is 2.25. The van der Waals surface area contributed by atoms with Gasteiger partial charge in [0.05, 0.1) is 18.0 Å². The Labute approximate surface area is 89.1 Å². The lowest BCUT2D eigenvalue weighted by Crippen LogP contribution is -2.26. The van der Waals surface area contributed by atoms with Gasteiger partial charge in [0.1, 0.15) is 0 Å². The van der Waals surface area contributed by atoms with E-state index in [4.69, 9.17) is 5.73 Å². The second-order valence-electron chi connectivity index (χ2n) is 3.51. The van der Waals surface area contributed by atoms with Gasteiger partial charge < -0.3 is 11.1 Å². The van der Waals surface area contributed by atoms with Crippen LogP contribution in [0.5, 0.6) is 0 Å². The summed E-state index contributed by atoms with van der Waals surface area (Å²) in [4.78, 5) is 11.5. The number of hydrogen-bond acceptors (Lipinski definition) is 4. The quantitative estimate of drug-likeness (QED) is 0.683. The zero-order chi connectivity index (χ0) is 11.1. The molecule has 0 saturated heterocycles. The van der Waals surface area contributed by atoms with Gasteiger partial charge in [-0.05, 0) is 25.8 Å². The SMILES string of the molecule is CC(N)CCCNC(=O)c1ccnnc1. The van der Waals surface area contributed by atoms with Crippen molar-refractivity contribution in [3.05, 3.63) is 24.0 Å². The molecule has 15 heavy (non-hydrogen) atoms. The van der Waals surface area contributed by atoms with Gasteiger partial charge in [0.25, 0.3) is 5.91 Å². The van der Waals surface area contributed by atoms with Crippen molar-refractivity contribution in [1.29, 1.82) is 0 Å². The van der Waals surface area contributed by atoms with Crippen LogP contribution in [0.15, 0.2) is 18.5 Å². The van der Waals surface area contributed by atoms with Crippen LogP contribution >= 0.6 is 0 Å². The maximum atomic E-state index is 11.5. The van der Waals surface area contributed by atoms with Gasteiger partial charge in [-0.25, -0.2) is 0 Å². The summed E-state index contributed by atoms with van der Waals surface area (Å²) in [7, 11) is 0. The smallest absolute Gasteiger partial charge is 0.252 e. The van der Waals surface area contributed by atoms with Crippen molar-refractivity contribution in [2.45, 2.75) is 25.8 Å². The number of nitrogens with zero attached hydrogens (tertiary/aromatic N) is 2. The first kappa shape index (κ1) is 11.6. The molecule has 0 radical (unpaired) electrons. The van der Waals surface area contributed by atoms with Crippen molar-refractivity contribution in [3.63, 3.8) is 0 Å². The third-order valence-electron chi connectivity index (χ3n) is 1.97. The van der Waals surface area contributed by atoms with Crippen molar-refractivity contribution in [2.75, 3.05) is 6.54 Å². The van der Waals surface area contributed by atoms with Gasteiger partial charge in [0.15, 0.2) is 0 Å². The number of nitrogens with two attached hydrogens (primary N) is 1. The van der Waals surface area contributed by atoms with Crippen LogP contribution in [-0.2, 0) is 0 Å². The molecule has 0 aromatic carbocycles. The normalized spacial score (nSPS) is 12.1. The van der Waals surface area contributed by atoms with Gasteiger partial charge in [-0.1, -0.05) is 0 Å². The van der Waals surface area contributed by atoms with Crippen molar-refractivity contribution < 1.29 is 4.79 Å². The fourth-order valence-corrected chi connectivity index (χ4v) is 1.15. The van der Waals surface area contributed by atoms with Crippen molar-refractivity contribution in [2.24, 2.45) is 5.73 Å². The minimum absolute atomic E-state index is 0.116. The molecule has 1 atom stereocenters. The molecule has 1 rings (SSSR count). The monoisotopic (exact) mass is 208 g/mol. The summed E-state index contributed by atoms with van der Waals surface area (Å²) in [6.07, 6.45) is 4.74. The molecule has 82 valence electrons. The largest absolute Gasteiger partial charge is 0.352 e. The Kier molecular flexibility index (Phi) is 4.70. The highest BCUT2D eigenvalue weighted by molar-refractivity contribution is 5.93. The third kappa shape index (κ3) is 4.51. The molecule has 0 saturated carbocycles. The predicted octanol–water partition coefficient (Wildman–Crippen LogP) is 0.334. The molecule has 1 unspecified atom stereocenters. The Hall–Kier alpha value is -1.49. The van der Waals surface area contributed by atoms with E-state index in [9.17, 15) is 4.79 Å². The first-order valence-corrected chi connectivity index (χ1v) is 5.00. The van der Waals surface area contributed by atoms with E-state index in [2.05, 4.69) is 15.5 Å². The third-order valence-corrected chi connectivity index (χ3v) is 1.97. The van der Waals surface area contributed by atoms with E-state index >= 15 is 0 Å². The molecule has 0 bridgehead atoms. The fraction of sp³-hybridized carbons (Fsp3) is 0.500. The van der Waals surface area contributed by atoms with Crippen LogP contribution < -0.4 is 11.1 Å². The van der Waals surface area contributed by atoms with Gasteiger partial charge in [-0.15, -0.1) is 0 Å². The van der Waals surface area contributed by atoms with Gasteiger partial charge in [0.2, 0.25) is 0 Å².